The largest absolute Gasteiger partial charge is 0.457 e. The molecule has 0 fully saturated rings. The Morgan fingerprint density at radius 1 is 1.39 bits per heavy atom. The monoisotopic (exact) mass is 247 g/mol. The molecule has 94 valence electrons. The van der Waals surface area contributed by atoms with Crippen LogP contribution < -0.4 is 11.2 Å². The van der Waals surface area contributed by atoms with E-state index in [-0.39, 0.29) is 28.3 Å². The van der Waals surface area contributed by atoms with Crippen LogP contribution in [0.25, 0.3) is 11.0 Å². The van der Waals surface area contributed by atoms with Gasteiger partial charge in [-0.15, -0.1) is 0 Å². The highest BCUT2D eigenvalue weighted by molar-refractivity contribution is 5.92. The number of fused-ring (bicyclic) bond motifs is 1. The maximum atomic E-state index is 11.9. The van der Waals surface area contributed by atoms with Gasteiger partial charge in [-0.3, -0.25) is 4.79 Å². The van der Waals surface area contributed by atoms with E-state index in [1.807, 2.05) is 0 Å². The van der Waals surface area contributed by atoms with E-state index in [1.54, 1.807) is 32.0 Å². The summed E-state index contributed by atoms with van der Waals surface area (Å²) in [6, 6.07) is 5.94. The lowest BCUT2D eigenvalue weighted by Gasteiger charge is -2.07. The third-order valence-corrected chi connectivity index (χ3v) is 2.33. The van der Waals surface area contributed by atoms with Crippen molar-refractivity contribution in [2.24, 2.45) is 0 Å². The predicted octanol–water partition coefficient (Wildman–Crippen LogP) is 1.94. The summed E-state index contributed by atoms with van der Waals surface area (Å²) in [6.07, 6.45) is -0.278. The second-order valence-corrected chi connectivity index (χ2v) is 4.15. The van der Waals surface area contributed by atoms with Crippen LogP contribution in [0.3, 0.4) is 0 Å². The smallest absolute Gasteiger partial charge is 0.374 e. The zero-order valence-electron chi connectivity index (χ0n) is 10.1. The second kappa shape index (κ2) is 4.52. The Morgan fingerprint density at radius 2 is 2.11 bits per heavy atom. The highest BCUT2D eigenvalue weighted by Crippen LogP contribution is 2.18. The summed E-state index contributed by atoms with van der Waals surface area (Å²) in [7, 11) is 0. The lowest BCUT2D eigenvalue weighted by Crippen LogP contribution is -2.14. The molecule has 0 atom stereocenters. The number of esters is 1. The zero-order valence-corrected chi connectivity index (χ0v) is 10.1. The Kier molecular flexibility index (Phi) is 3.06. The Labute approximate surface area is 103 Å². The number of rotatable bonds is 2. The molecule has 1 heterocycles. The molecule has 5 heteroatoms. The number of carbonyl (C=O) groups excluding carboxylic acids is 1. The van der Waals surface area contributed by atoms with Gasteiger partial charge in [0.1, 0.15) is 5.58 Å². The van der Waals surface area contributed by atoms with E-state index >= 15 is 0 Å². The van der Waals surface area contributed by atoms with Crippen LogP contribution in [0.15, 0.2) is 33.5 Å². The van der Waals surface area contributed by atoms with Crippen LogP contribution in [0, 0.1) is 0 Å². The first-order valence-corrected chi connectivity index (χ1v) is 5.52. The van der Waals surface area contributed by atoms with E-state index in [4.69, 9.17) is 14.9 Å². The van der Waals surface area contributed by atoms with Crippen molar-refractivity contribution >= 4 is 22.6 Å². The number of nitrogens with two attached hydrogens (primary N) is 1. The van der Waals surface area contributed by atoms with Gasteiger partial charge in [0.25, 0.3) is 0 Å². The zero-order chi connectivity index (χ0) is 13.3. The van der Waals surface area contributed by atoms with Gasteiger partial charge in [0.2, 0.25) is 5.76 Å². The third kappa shape index (κ3) is 2.20. The van der Waals surface area contributed by atoms with E-state index in [1.165, 1.54) is 0 Å². The fourth-order valence-electron chi connectivity index (χ4n) is 1.61. The van der Waals surface area contributed by atoms with Gasteiger partial charge in [0.15, 0.2) is 5.43 Å². The van der Waals surface area contributed by atoms with Gasteiger partial charge in [0, 0.05) is 11.8 Å². The predicted molar refractivity (Wildman–Crippen MR) is 67.4 cm³/mol. The van der Waals surface area contributed by atoms with Crippen LogP contribution in [0.1, 0.15) is 24.4 Å². The van der Waals surface area contributed by atoms with E-state index in [9.17, 15) is 9.59 Å². The average molecular weight is 247 g/mol. The molecule has 2 rings (SSSR count). The van der Waals surface area contributed by atoms with Crippen molar-refractivity contribution in [2.45, 2.75) is 20.0 Å². The molecular formula is C13H13NO4. The molecule has 0 bridgehead atoms. The van der Waals surface area contributed by atoms with Crippen molar-refractivity contribution in [2.75, 3.05) is 5.73 Å². The van der Waals surface area contributed by atoms with Gasteiger partial charge in [-0.2, -0.15) is 0 Å². The topological polar surface area (TPSA) is 82.5 Å². The van der Waals surface area contributed by atoms with Crippen LogP contribution >= 0.6 is 0 Å². The Balaban J connectivity index is 2.57. The van der Waals surface area contributed by atoms with Crippen LogP contribution in [0.2, 0.25) is 0 Å². The summed E-state index contributed by atoms with van der Waals surface area (Å²) in [6.45, 7) is 3.43. The number of nitrogen functional groups attached to an aromatic ring is 1. The van der Waals surface area contributed by atoms with E-state index in [0.717, 1.165) is 6.07 Å². The fraction of sp³-hybridized carbons (Fsp3) is 0.231. The maximum Gasteiger partial charge on any atom is 0.374 e. The SMILES string of the molecule is CC(C)OC(=O)c1cc(=O)c2c(N)cccc2o1. The molecule has 0 aliphatic heterocycles. The van der Waals surface area contributed by atoms with E-state index in [2.05, 4.69) is 0 Å². The number of anilines is 1. The van der Waals surface area contributed by atoms with Gasteiger partial charge < -0.3 is 14.9 Å². The molecule has 1 aromatic carbocycles. The molecule has 0 spiro atoms. The van der Waals surface area contributed by atoms with Gasteiger partial charge in [-0.1, -0.05) is 6.07 Å². The van der Waals surface area contributed by atoms with Crippen molar-refractivity contribution in [3.05, 3.63) is 40.2 Å². The van der Waals surface area contributed by atoms with Crippen molar-refractivity contribution in [1.29, 1.82) is 0 Å². The molecule has 5 nitrogen and oxygen atoms in total. The standard InChI is InChI=1S/C13H13NO4/c1-7(2)17-13(16)11-6-9(15)12-8(14)4-3-5-10(12)18-11/h3-7H,14H2,1-2H3. The fourth-order valence-corrected chi connectivity index (χ4v) is 1.61. The molecule has 0 aliphatic rings. The van der Waals surface area contributed by atoms with Gasteiger partial charge >= 0.3 is 5.97 Å². The summed E-state index contributed by atoms with van der Waals surface area (Å²) in [4.78, 5) is 23.5. The molecule has 0 radical (unpaired) electrons. The van der Waals surface area contributed by atoms with Crippen LogP contribution in [0.5, 0.6) is 0 Å². The Hall–Kier alpha value is -2.30. The number of ether oxygens (including phenoxy) is 1. The lowest BCUT2D eigenvalue weighted by molar-refractivity contribution is 0.0342. The minimum Gasteiger partial charge on any atom is -0.457 e. The molecule has 0 unspecified atom stereocenters. The average Bonchev–Trinajstić information content (AvgIpc) is 2.27. The normalized spacial score (nSPS) is 10.8. The number of carbonyl (C=O) groups is 1. The Bertz CT molecular complexity index is 658. The molecule has 1 aromatic heterocycles. The maximum absolute atomic E-state index is 11.9. The van der Waals surface area contributed by atoms with E-state index < -0.39 is 5.97 Å². The van der Waals surface area contributed by atoms with Gasteiger partial charge in [0.05, 0.1) is 11.5 Å². The molecule has 2 N–H and O–H groups in total. The minimum absolute atomic E-state index is 0.119. The number of hydrogen-bond acceptors (Lipinski definition) is 5. The summed E-state index contributed by atoms with van der Waals surface area (Å²) in [5.74, 6) is -0.779. The summed E-state index contributed by atoms with van der Waals surface area (Å²) < 4.78 is 10.3. The lowest BCUT2D eigenvalue weighted by atomic mass is 10.2. The van der Waals surface area contributed by atoms with Gasteiger partial charge in [-0.05, 0) is 26.0 Å². The van der Waals surface area contributed by atoms with Crippen LogP contribution in [-0.2, 0) is 4.74 Å². The quantitative estimate of drug-likeness (QED) is 0.647. The van der Waals surface area contributed by atoms with Crippen LogP contribution in [-0.4, -0.2) is 12.1 Å². The van der Waals surface area contributed by atoms with E-state index in [0.29, 0.717) is 5.69 Å². The number of hydrogen-bond donors (Lipinski definition) is 1. The summed E-state index contributed by atoms with van der Waals surface area (Å²) in [5, 5.41) is 0.276. The minimum atomic E-state index is -0.661. The first-order chi connectivity index (χ1) is 8.49. The Morgan fingerprint density at radius 3 is 2.78 bits per heavy atom. The molecule has 0 aliphatic carbocycles. The highest BCUT2D eigenvalue weighted by atomic mass is 16.6. The molecular weight excluding hydrogens is 234 g/mol. The molecule has 0 saturated carbocycles. The first kappa shape index (κ1) is 12.2. The number of benzene rings is 1. The summed E-state index contributed by atoms with van der Waals surface area (Å²) >= 11 is 0. The second-order valence-electron chi connectivity index (χ2n) is 4.15. The summed E-state index contributed by atoms with van der Waals surface area (Å²) in [5.41, 5.74) is 5.93. The van der Waals surface area contributed by atoms with Crippen LogP contribution in [0.4, 0.5) is 5.69 Å². The van der Waals surface area contributed by atoms with Crippen molar-refractivity contribution in [3.63, 3.8) is 0 Å². The molecule has 18 heavy (non-hydrogen) atoms. The molecule has 0 amide bonds. The first-order valence-electron chi connectivity index (χ1n) is 5.52. The van der Waals surface area contributed by atoms with Crippen molar-refractivity contribution in [1.82, 2.24) is 0 Å². The highest BCUT2D eigenvalue weighted by Gasteiger charge is 2.15. The third-order valence-electron chi connectivity index (χ3n) is 2.33. The molecule has 0 saturated heterocycles. The molecule has 2 aromatic rings. The van der Waals surface area contributed by atoms with Gasteiger partial charge in [-0.25, -0.2) is 4.79 Å². The van der Waals surface area contributed by atoms with Crippen molar-refractivity contribution < 1.29 is 13.9 Å². The van der Waals surface area contributed by atoms with Crippen molar-refractivity contribution in [3.8, 4) is 0 Å².